The molecule has 0 bridgehead atoms. The van der Waals surface area contributed by atoms with Crippen LogP contribution in [0.4, 0.5) is 0 Å². The average molecular weight is 185 g/mol. The summed E-state index contributed by atoms with van der Waals surface area (Å²) in [6, 6.07) is 6.45. The van der Waals surface area contributed by atoms with E-state index < -0.39 is 0 Å². The lowest BCUT2D eigenvalue weighted by Gasteiger charge is -2.08. The van der Waals surface area contributed by atoms with E-state index in [4.69, 9.17) is 6.42 Å². The largest absolute Gasteiger partial charge is 0.0891 e. The monoisotopic (exact) mass is 185 g/mol. The Labute approximate surface area is 87.4 Å². The molecule has 14 heavy (non-hydrogen) atoms. The minimum atomic E-state index is 0.797. The predicted octanol–water partition coefficient (Wildman–Crippen LogP) is 3.61. The lowest BCUT2D eigenvalue weighted by Crippen LogP contribution is -1.93. The number of hydrogen-bond donors (Lipinski definition) is 0. The normalized spacial score (nSPS) is 9.79. The van der Waals surface area contributed by atoms with Crippen molar-refractivity contribution in [2.75, 3.05) is 0 Å². The van der Waals surface area contributed by atoms with Gasteiger partial charge in [-0.1, -0.05) is 24.1 Å². The molecule has 0 nitrogen and oxygen atoms in total. The minimum absolute atomic E-state index is 0.797. The molecule has 0 N–H and O–H groups in total. The van der Waals surface area contributed by atoms with Gasteiger partial charge in [0.2, 0.25) is 0 Å². The second-order valence-electron chi connectivity index (χ2n) is 3.75. The van der Waals surface area contributed by atoms with E-state index in [1.807, 2.05) is 0 Å². The van der Waals surface area contributed by atoms with E-state index in [0.717, 1.165) is 25.7 Å². The Kier molecular flexibility index (Phi) is 4.26. The maximum atomic E-state index is 6.82. The first kappa shape index (κ1) is 10.9. The van der Waals surface area contributed by atoms with Gasteiger partial charge in [-0.15, -0.1) is 0 Å². The lowest BCUT2D eigenvalue weighted by molar-refractivity contribution is 0.750. The smallest absolute Gasteiger partial charge is 0.00990 e. The van der Waals surface area contributed by atoms with Gasteiger partial charge in [-0.3, -0.25) is 0 Å². The van der Waals surface area contributed by atoms with E-state index in [0.29, 0.717) is 0 Å². The molecular formula is C14H17. The summed E-state index contributed by atoms with van der Waals surface area (Å²) >= 11 is 0. The standard InChI is InChI=1S/C14H17/c1-4-5-6-7-11-14-12(2)9-8-10-13(14)3/h8-10H,5-7,11H2,2-3H3. The summed E-state index contributed by atoms with van der Waals surface area (Å²) in [4.78, 5) is 0. The van der Waals surface area contributed by atoms with Gasteiger partial charge < -0.3 is 0 Å². The van der Waals surface area contributed by atoms with Gasteiger partial charge in [0, 0.05) is 6.42 Å². The third kappa shape index (κ3) is 2.92. The van der Waals surface area contributed by atoms with E-state index >= 15 is 0 Å². The molecule has 1 aromatic carbocycles. The number of benzene rings is 1. The van der Waals surface area contributed by atoms with Gasteiger partial charge >= 0.3 is 0 Å². The van der Waals surface area contributed by atoms with Gasteiger partial charge in [0.05, 0.1) is 0 Å². The van der Waals surface area contributed by atoms with E-state index in [1.54, 1.807) is 0 Å². The number of hydrogen-bond acceptors (Lipinski definition) is 0. The van der Waals surface area contributed by atoms with E-state index in [1.165, 1.54) is 16.7 Å². The third-order valence-corrected chi connectivity index (χ3v) is 2.62. The van der Waals surface area contributed by atoms with Crippen LogP contribution in [0.25, 0.3) is 0 Å². The molecule has 1 aromatic rings. The molecule has 0 aliphatic rings. The van der Waals surface area contributed by atoms with Gasteiger partial charge in [-0.25, -0.2) is 0 Å². The van der Waals surface area contributed by atoms with Crippen molar-refractivity contribution >= 4 is 0 Å². The summed E-state index contributed by atoms with van der Waals surface area (Å²) in [5.41, 5.74) is 4.27. The minimum Gasteiger partial charge on any atom is -0.0891 e. The number of rotatable bonds is 4. The van der Waals surface area contributed by atoms with Crippen molar-refractivity contribution in [1.29, 1.82) is 0 Å². The quantitative estimate of drug-likeness (QED) is 0.496. The van der Waals surface area contributed by atoms with Crippen LogP contribution in [0.1, 0.15) is 36.0 Å². The molecule has 0 unspecified atom stereocenters. The van der Waals surface area contributed by atoms with Crippen molar-refractivity contribution in [3.05, 3.63) is 41.3 Å². The molecule has 0 saturated heterocycles. The maximum Gasteiger partial charge on any atom is 0.00990 e. The summed E-state index contributed by atoms with van der Waals surface area (Å²) in [6.07, 6.45) is 11.0. The van der Waals surface area contributed by atoms with Crippen LogP contribution in [0.5, 0.6) is 0 Å². The Bertz CT molecular complexity index is 308. The van der Waals surface area contributed by atoms with Crippen molar-refractivity contribution in [2.24, 2.45) is 0 Å². The van der Waals surface area contributed by atoms with Gasteiger partial charge in [-0.05, 0) is 56.2 Å². The summed E-state index contributed by atoms with van der Waals surface area (Å²) in [5, 5.41) is 0. The molecule has 1 radical (unpaired) electrons. The Balaban J connectivity index is 2.54. The molecular weight excluding hydrogens is 168 g/mol. The molecule has 0 aliphatic carbocycles. The Hall–Kier alpha value is -1.22. The van der Waals surface area contributed by atoms with Crippen LogP contribution in [-0.2, 0) is 6.42 Å². The molecule has 1 rings (SSSR count). The molecule has 0 heterocycles. The van der Waals surface area contributed by atoms with Crippen LogP contribution in [0.15, 0.2) is 18.2 Å². The van der Waals surface area contributed by atoms with Crippen molar-refractivity contribution in [3.63, 3.8) is 0 Å². The molecule has 0 amide bonds. The summed E-state index contributed by atoms with van der Waals surface area (Å²) < 4.78 is 0. The molecule has 0 fully saturated rings. The first-order valence-electron chi connectivity index (χ1n) is 5.20. The Morgan fingerprint density at radius 1 is 1.14 bits per heavy atom. The van der Waals surface area contributed by atoms with Crippen molar-refractivity contribution < 1.29 is 0 Å². The van der Waals surface area contributed by atoms with E-state index in [2.05, 4.69) is 38.0 Å². The van der Waals surface area contributed by atoms with Crippen molar-refractivity contribution in [1.82, 2.24) is 0 Å². The SMILES string of the molecule is [C]#CCCCCc1c(C)cccc1C. The molecule has 0 heteroatoms. The highest BCUT2D eigenvalue weighted by molar-refractivity contribution is 5.33. The first-order chi connectivity index (χ1) is 6.75. The Morgan fingerprint density at radius 2 is 1.79 bits per heavy atom. The van der Waals surface area contributed by atoms with Crippen LogP contribution in [0, 0.1) is 26.2 Å². The topological polar surface area (TPSA) is 0 Å². The molecule has 73 valence electrons. The van der Waals surface area contributed by atoms with Crippen LogP contribution >= 0.6 is 0 Å². The van der Waals surface area contributed by atoms with E-state index in [9.17, 15) is 0 Å². The maximum absolute atomic E-state index is 6.82. The van der Waals surface area contributed by atoms with E-state index in [-0.39, 0.29) is 0 Å². The van der Waals surface area contributed by atoms with Crippen molar-refractivity contribution in [3.8, 4) is 5.92 Å². The molecule has 0 atom stereocenters. The second kappa shape index (κ2) is 5.50. The van der Waals surface area contributed by atoms with Gasteiger partial charge in [0.25, 0.3) is 0 Å². The zero-order valence-corrected chi connectivity index (χ0v) is 9.06. The fourth-order valence-electron chi connectivity index (χ4n) is 1.76. The van der Waals surface area contributed by atoms with Gasteiger partial charge in [-0.2, -0.15) is 0 Å². The highest BCUT2D eigenvalue weighted by Crippen LogP contribution is 2.16. The summed E-state index contributed by atoms with van der Waals surface area (Å²) in [6.45, 7) is 4.34. The molecule has 0 spiro atoms. The zero-order valence-electron chi connectivity index (χ0n) is 9.06. The van der Waals surface area contributed by atoms with Crippen LogP contribution in [0.2, 0.25) is 0 Å². The summed E-state index contributed by atoms with van der Waals surface area (Å²) in [5.74, 6) is 2.43. The zero-order chi connectivity index (χ0) is 10.4. The molecule has 0 aliphatic heterocycles. The second-order valence-corrected chi connectivity index (χ2v) is 3.75. The third-order valence-electron chi connectivity index (χ3n) is 2.62. The summed E-state index contributed by atoms with van der Waals surface area (Å²) in [7, 11) is 0. The fourth-order valence-corrected chi connectivity index (χ4v) is 1.76. The fraction of sp³-hybridized carbons (Fsp3) is 0.429. The number of unbranched alkanes of at least 4 members (excludes halogenated alkanes) is 2. The Morgan fingerprint density at radius 3 is 2.36 bits per heavy atom. The van der Waals surface area contributed by atoms with Crippen LogP contribution in [-0.4, -0.2) is 0 Å². The molecule has 0 aromatic heterocycles. The molecule has 0 saturated carbocycles. The van der Waals surface area contributed by atoms with Crippen LogP contribution in [0.3, 0.4) is 0 Å². The predicted molar refractivity (Wildman–Crippen MR) is 60.6 cm³/mol. The lowest BCUT2D eigenvalue weighted by atomic mass is 9.97. The van der Waals surface area contributed by atoms with Crippen molar-refractivity contribution in [2.45, 2.75) is 39.5 Å². The van der Waals surface area contributed by atoms with Gasteiger partial charge in [0.15, 0.2) is 0 Å². The van der Waals surface area contributed by atoms with Crippen LogP contribution < -0.4 is 0 Å². The average Bonchev–Trinajstić information content (AvgIpc) is 2.16. The van der Waals surface area contributed by atoms with Gasteiger partial charge in [0.1, 0.15) is 0 Å². The number of aryl methyl sites for hydroxylation is 2. The highest BCUT2D eigenvalue weighted by Gasteiger charge is 2.00. The highest BCUT2D eigenvalue weighted by atomic mass is 14.1. The first-order valence-corrected chi connectivity index (χ1v) is 5.20.